The van der Waals surface area contributed by atoms with E-state index >= 15 is 0 Å². The van der Waals surface area contributed by atoms with Gasteiger partial charge in [0.2, 0.25) is 0 Å². The molecule has 2 amide bonds. The van der Waals surface area contributed by atoms with Crippen LogP contribution in [0.4, 0.5) is 10.5 Å². The molecule has 6 heteroatoms. The molecular formula is C21H25N3O2S. The summed E-state index contributed by atoms with van der Waals surface area (Å²) in [5, 5.41) is 7.09. The normalized spacial score (nSPS) is 11.9. The first-order valence-electron chi connectivity index (χ1n) is 9.03. The highest BCUT2D eigenvalue weighted by molar-refractivity contribution is 7.14. The molecule has 0 spiro atoms. The lowest BCUT2D eigenvalue weighted by atomic mass is 10.1. The Morgan fingerprint density at radius 3 is 2.59 bits per heavy atom. The van der Waals surface area contributed by atoms with E-state index < -0.39 is 0 Å². The van der Waals surface area contributed by atoms with E-state index in [1.54, 1.807) is 11.3 Å². The van der Waals surface area contributed by atoms with Gasteiger partial charge in [-0.1, -0.05) is 12.1 Å². The van der Waals surface area contributed by atoms with Crippen LogP contribution in [-0.2, 0) is 0 Å². The minimum Gasteiger partial charge on any atom is -0.492 e. The summed E-state index contributed by atoms with van der Waals surface area (Å²) >= 11 is 1.74. The highest BCUT2D eigenvalue weighted by Gasteiger charge is 2.21. The van der Waals surface area contributed by atoms with Crippen LogP contribution in [0.15, 0.2) is 48.8 Å². The first-order valence-corrected chi connectivity index (χ1v) is 9.85. The van der Waals surface area contributed by atoms with E-state index in [0.717, 1.165) is 10.6 Å². The van der Waals surface area contributed by atoms with Crippen LogP contribution in [0.25, 0.3) is 5.00 Å². The van der Waals surface area contributed by atoms with Crippen LogP contribution in [0.1, 0.15) is 35.9 Å². The Labute approximate surface area is 164 Å². The maximum Gasteiger partial charge on any atom is 0.319 e. The molecule has 0 saturated heterocycles. The molecule has 0 aliphatic carbocycles. The van der Waals surface area contributed by atoms with E-state index in [2.05, 4.69) is 29.0 Å². The number of aromatic nitrogens is 1. The van der Waals surface area contributed by atoms with Crippen LogP contribution in [0.5, 0.6) is 5.75 Å². The fourth-order valence-corrected chi connectivity index (χ4v) is 4.30. The van der Waals surface area contributed by atoms with Crippen molar-refractivity contribution in [1.82, 2.24) is 9.88 Å². The third kappa shape index (κ3) is 4.17. The lowest BCUT2D eigenvalue weighted by Gasteiger charge is -2.18. The molecule has 2 heterocycles. The standard InChI is InChI=1S/C21H25N3O2S/c1-5-26-18-11-7-6-10-17(18)23-21(25)22-15(3)19-14(2)16(4)27-20(19)24-12-8-9-13-24/h6-13,15H,5H2,1-4H3,(H2,22,23,25)/t15-/m0/s1. The van der Waals surface area contributed by atoms with Crippen molar-refractivity contribution >= 4 is 23.1 Å². The van der Waals surface area contributed by atoms with Gasteiger partial charge in [0, 0.05) is 22.8 Å². The summed E-state index contributed by atoms with van der Waals surface area (Å²) in [5.74, 6) is 0.665. The number of rotatable bonds is 6. The number of ether oxygens (including phenoxy) is 1. The number of anilines is 1. The number of benzene rings is 1. The van der Waals surface area contributed by atoms with Gasteiger partial charge in [0.1, 0.15) is 10.8 Å². The first kappa shape index (κ1) is 19.0. The predicted molar refractivity (Wildman–Crippen MR) is 111 cm³/mol. The summed E-state index contributed by atoms with van der Waals surface area (Å²) in [6.07, 6.45) is 4.05. The lowest BCUT2D eigenvalue weighted by Crippen LogP contribution is -2.31. The topological polar surface area (TPSA) is 55.3 Å². The quantitative estimate of drug-likeness (QED) is 0.596. The number of urea groups is 1. The van der Waals surface area contributed by atoms with Gasteiger partial charge in [0.25, 0.3) is 0 Å². The summed E-state index contributed by atoms with van der Waals surface area (Å²) < 4.78 is 7.67. The van der Waals surface area contributed by atoms with Crippen molar-refractivity contribution in [3.05, 3.63) is 64.8 Å². The largest absolute Gasteiger partial charge is 0.492 e. The van der Waals surface area contributed by atoms with Crippen molar-refractivity contribution in [1.29, 1.82) is 0 Å². The number of nitrogens with zero attached hydrogens (tertiary/aromatic N) is 1. The number of hydrogen-bond donors (Lipinski definition) is 2. The van der Waals surface area contributed by atoms with Gasteiger partial charge in [-0.05, 0) is 57.5 Å². The van der Waals surface area contributed by atoms with Crippen molar-refractivity contribution in [3.8, 4) is 10.8 Å². The zero-order valence-electron chi connectivity index (χ0n) is 16.1. The maximum atomic E-state index is 12.6. The van der Waals surface area contributed by atoms with E-state index in [0.29, 0.717) is 18.0 Å². The van der Waals surface area contributed by atoms with Crippen LogP contribution in [-0.4, -0.2) is 17.2 Å². The molecule has 0 fully saturated rings. The highest BCUT2D eigenvalue weighted by atomic mass is 32.1. The molecule has 142 valence electrons. The predicted octanol–water partition coefficient (Wildman–Crippen LogP) is 5.44. The van der Waals surface area contributed by atoms with Crippen molar-refractivity contribution < 1.29 is 9.53 Å². The van der Waals surface area contributed by atoms with Crippen LogP contribution >= 0.6 is 11.3 Å². The minimum atomic E-state index is -0.253. The molecule has 0 aliphatic rings. The summed E-state index contributed by atoms with van der Waals surface area (Å²) in [4.78, 5) is 13.8. The van der Waals surface area contributed by atoms with Crippen LogP contribution in [0.2, 0.25) is 0 Å². The van der Waals surface area contributed by atoms with E-state index in [1.165, 1.54) is 10.4 Å². The van der Waals surface area contributed by atoms with Crippen molar-refractivity contribution in [2.45, 2.75) is 33.7 Å². The molecule has 5 nitrogen and oxygen atoms in total. The van der Waals surface area contributed by atoms with Gasteiger partial charge < -0.3 is 19.9 Å². The Hall–Kier alpha value is -2.73. The monoisotopic (exact) mass is 383 g/mol. The molecule has 0 unspecified atom stereocenters. The second-order valence-electron chi connectivity index (χ2n) is 6.34. The molecule has 1 atom stereocenters. The van der Waals surface area contributed by atoms with Crippen molar-refractivity contribution in [3.63, 3.8) is 0 Å². The number of carbonyl (C=O) groups excluding carboxylic acids is 1. The van der Waals surface area contributed by atoms with Crippen molar-refractivity contribution in [2.24, 2.45) is 0 Å². The number of amides is 2. The van der Waals surface area contributed by atoms with E-state index in [1.807, 2.05) is 62.6 Å². The minimum absolute atomic E-state index is 0.133. The van der Waals surface area contributed by atoms with E-state index in [-0.39, 0.29) is 12.1 Å². The molecule has 0 aliphatic heterocycles. The summed E-state index contributed by atoms with van der Waals surface area (Å²) in [5.41, 5.74) is 3.01. The summed E-state index contributed by atoms with van der Waals surface area (Å²) in [6, 6.07) is 11.1. The molecule has 3 aromatic rings. The Morgan fingerprint density at radius 2 is 1.89 bits per heavy atom. The van der Waals surface area contributed by atoms with Gasteiger partial charge in [0.05, 0.1) is 18.3 Å². The summed E-state index contributed by atoms with van der Waals surface area (Å²) in [7, 11) is 0. The van der Waals surface area contributed by atoms with Crippen LogP contribution < -0.4 is 15.4 Å². The molecule has 0 bridgehead atoms. The Bertz CT molecular complexity index is 916. The Kier molecular flexibility index (Phi) is 5.86. The molecular weight excluding hydrogens is 358 g/mol. The Balaban J connectivity index is 1.78. The van der Waals surface area contributed by atoms with Gasteiger partial charge in [-0.2, -0.15) is 0 Å². The molecule has 27 heavy (non-hydrogen) atoms. The van der Waals surface area contributed by atoms with Crippen molar-refractivity contribution in [2.75, 3.05) is 11.9 Å². The number of carbonyl (C=O) groups is 1. The zero-order chi connectivity index (χ0) is 19.4. The fraction of sp³-hybridized carbons (Fsp3) is 0.286. The van der Waals surface area contributed by atoms with E-state index in [9.17, 15) is 4.79 Å². The molecule has 2 N–H and O–H groups in total. The summed E-state index contributed by atoms with van der Waals surface area (Å²) in [6.45, 7) is 8.69. The van der Waals surface area contributed by atoms with Gasteiger partial charge in [-0.15, -0.1) is 11.3 Å². The first-order chi connectivity index (χ1) is 13.0. The lowest BCUT2D eigenvalue weighted by molar-refractivity contribution is 0.249. The average Bonchev–Trinajstić information content (AvgIpc) is 3.26. The zero-order valence-corrected chi connectivity index (χ0v) is 16.9. The van der Waals surface area contributed by atoms with Gasteiger partial charge in [0.15, 0.2) is 0 Å². The number of thiophene rings is 1. The van der Waals surface area contributed by atoms with Crippen LogP contribution in [0.3, 0.4) is 0 Å². The molecule has 0 saturated carbocycles. The van der Waals surface area contributed by atoms with E-state index in [4.69, 9.17) is 4.74 Å². The average molecular weight is 384 g/mol. The highest BCUT2D eigenvalue weighted by Crippen LogP contribution is 2.35. The number of hydrogen-bond acceptors (Lipinski definition) is 3. The molecule has 2 aromatic heterocycles. The van der Waals surface area contributed by atoms with Crippen LogP contribution in [0, 0.1) is 13.8 Å². The van der Waals surface area contributed by atoms with Gasteiger partial charge >= 0.3 is 6.03 Å². The maximum absolute atomic E-state index is 12.6. The third-order valence-electron chi connectivity index (χ3n) is 4.47. The fourth-order valence-electron chi connectivity index (χ4n) is 3.08. The Morgan fingerprint density at radius 1 is 1.19 bits per heavy atom. The number of nitrogens with one attached hydrogen (secondary N) is 2. The second-order valence-corrected chi connectivity index (χ2v) is 7.54. The van der Waals surface area contributed by atoms with Gasteiger partial charge in [-0.3, -0.25) is 0 Å². The number of para-hydroxylation sites is 2. The SMILES string of the molecule is CCOc1ccccc1NC(=O)N[C@@H](C)c1c(-n2cccc2)sc(C)c1C. The molecule has 3 rings (SSSR count). The molecule has 1 aromatic carbocycles. The second kappa shape index (κ2) is 8.31. The number of aryl methyl sites for hydroxylation is 1. The smallest absolute Gasteiger partial charge is 0.319 e. The van der Waals surface area contributed by atoms with Gasteiger partial charge in [-0.25, -0.2) is 4.79 Å². The third-order valence-corrected chi connectivity index (χ3v) is 5.70. The molecule has 0 radical (unpaired) electrons.